The number of carbonyl (C=O) groups excluding carboxylic acids is 1. The number of nitrogens with zero attached hydrogens (tertiary/aromatic N) is 2. The highest BCUT2D eigenvalue weighted by atomic mass is 32.2. The van der Waals surface area contributed by atoms with Gasteiger partial charge in [0.15, 0.2) is 9.84 Å². The topological polar surface area (TPSA) is 57.7 Å². The van der Waals surface area contributed by atoms with Crippen LogP contribution in [0.1, 0.15) is 18.1 Å². The summed E-state index contributed by atoms with van der Waals surface area (Å²) in [6.45, 7) is 4.03. The van der Waals surface area contributed by atoms with Crippen LogP contribution in [0.15, 0.2) is 48.5 Å². The molecule has 0 aromatic heterocycles. The predicted molar refractivity (Wildman–Crippen MR) is 104 cm³/mol. The van der Waals surface area contributed by atoms with Gasteiger partial charge in [0.1, 0.15) is 0 Å². The first-order valence-electron chi connectivity index (χ1n) is 8.88. The minimum absolute atomic E-state index is 0.0159. The molecule has 4 rings (SSSR count). The number of amides is 2. The molecule has 2 fully saturated rings. The van der Waals surface area contributed by atoms with Gasteiger partial charge in [-0.25, -0.2) is 13.2 Å². The molecule has 2 saturated heterocycles. The fourth-order valence-corrected chi connectivity index (χ4v) is 5.96. The Balaban J connectivity index is 1.83. The maximum atomic E-state index is 13.3. The molecule has 0 bridgehead atoms. The van der Waals surface area contributed by atoms with Crippen LogP contribution in [-0.4, -0.2) is 38.0 Å². The number of para-hydroxylation sites is 1. The van der Waals surface area contributed by atoms with Gasteiger partial charge in [0.25, 0.3) is 0 Å². The van der Waals surface area contributed by atoms with Crippen molar-refractivity contribution in [2.75, 3.05) is 21.3 Å². The molecule has 26 heavy (non-hydrogen) atoms. The first kappa shape index (κ1) is 17.1. The van der Waals surface area contributed by atoms with Gasteiger partial charge in [-0.15, -0.1) is 0 Å². The van der Waals surface area contributed by atoms with Crippen molar-refractivity contribution in [1.82, 2.24) is 0 Å². The third-order valence-electron chi connectivity index (χ3n) is 5.31. The molecule has 5 nitrogen and oxygen atoms in total. The van der Waals surface area contributed by atoms with E-state index in [9.17, 15) is 13.2 Å². The van der Waals surface area contributed by atoms with Gasteiger partial charge in [0.05, 0.1) is 23.6 Å². The lowest BCUT2D eigenvalue weighted by molar-refractivity contribution is 0.255. The van der Waals surface area contributed by atoms with Crippen molar-refractivity contribution >= 4 is 27.2 Å². The third-order valence-corrected chi connectivity index (χ3v) is 7.01. The van der Waals surface area contributed by atoms with Crippen molar-refractivity contribution < 1.29 is 13.2 Å². The summed E-state index contributed by atoms with van der Waals surface area (Å²) in [6.07, 6.45) is 0.786. The zero-order valence-corrected chi connectivity index (χ0v) is 15.7. The Hall–Kier alpha value is -2.34. The summed E-state index contributed by atoms with van der Waals surface area (Å²) >= 11 is 0. The first-order valence-corrected chi connectivity index (χ1v) is 10.7. The predicted octanol–water partition coefficient (Wildman–Crippen LogP) is 3.17. The molecule has 6 heteroatoms. The largest absolute Gasteiger partial charge is 0.329 e. The van der Waals surface area contributed by atoms with Crippen molar-refractivity contribution in [2.24, 2.45) is 0 Å². The van der Waals surface area contributed by atoms with Crippen LogP contribution in [0.4, 0.5) is 16.2 Å². The van der Waals surface area contributed by atoms with Crippen LogP contribution >= 0.6 is 0 Å². The van der Waals surface area contributed by atoms with Gasteiger partial charge in [-0.3, -0.25) is 9.80 Å². The van der Waals surface area contributed by atoms with E-state index < -0.39 is 9.84 Å². The Bertz CT molecular complexity index is 953. The van der Waals surface area contributed by atoms with E-state index in [-0.39, 0.29) is 29.6 Å². The number of sulfone groups is 1. The van der Waals surface area contributed by atoms with E-state index in [1.54, 1.807) is 9.80 Å². The maximum Gasteiger partial charge on any atom is 0.329 e. The summed E-state index contributed by atoms with van der Waals surface area (Å²) in [4.78, 5) is 16.7. The van der Waals surface area contributed by atoms with Crippen molar-refractivity contribution in [3.8, 4) is 0 Å². The SMILES string of the molecule is CCc1ccccc1N1C(=O)N(c2ccc(C)cc2)[C@H]2CS(=O)(=O)C[C@@H]21. The highest BCUT2D eigenvalue weighted by Gasteiger charge is 2.54. The Labute approximate surface area is 154 Å². The number of carbonyl (C=O) groups is 1. The fourth-order valence-electron chi connectivity index (χ4n) is 4.04. The van der Waals surface area contributed by atoms with Crippen molar-refractivity contribution in [1.29, 1.82) is 0 Å². The number of anilines is 2. The molecule has 0 aliphatic carbocycles. The molecule has 2 aromatic rings. The van der Waals surface area contributed by atoms with Gasteiger partial charge in [-0.1, -0.05) is 42.8 Å². The van der Waals surface area contributed by atoms with Gasteiger partial charge in [-0.05, 0) is 37.1 Å². The van der Waals surface area contributed by atoms with Crippen LogP contribution in [0.5, 0.6) is 0 Å². The van der Waals surface area contributed by atoms with Crippen molar-refractivity contribution in [3.05, 3.63) is 59.7 Å². The minimum atomic E-state index is -3.17. The molecule has 136 valence electrons. The van der Waals surface area contributed by atoms with Crippen LogP contribution in [0.25, 0.3) is 0 Å². The molecule has 2 atom stereocenters. The van der Waals surface area contributed by atoms with Gasteiger partial charge in [0.2, 0.25) is 0 Å². The highest BCUT2D eigenvalue weighted by Crippen LogP contribution is 2.39. The monoisotopic (exact) mass is 370 g/mol. The second kappa shape index (κ2) is 6.13. The second-order valence-electron chi connectivity index (χ2n) is 7.05. The Morgan fingerprint density at radius 2 is 1.58 bits per heavy atom. The molecule has 2 heterocycles. The molecule has 0 N–H and O–H groups in total. The second-order valence-corrected chi connectivity index (χ2v) is 9.21. The molecule has 0 spiro atoms. The van der Waals surface area contributed by atoms with Crippen LogP contribution in [0, 0.1) is 6.92 Å². The number of hydrogen-bond donors (Lipinski definition) is 0. The molecule has 0 radical (unpaired) electrons. The maximum absolute atomic E-state index is 13.3. The van der Waals surface area contributed by atoms with E-state index in [0.29, 0.717) is 0 Å². The molecular formula is C20H22N2O3S. The first-order chi connectivity index (χ1) is 12.4. The number of benzene rings is 2. The molecule has 2 aliphatic heterocycles. The van der Waals surface area contributed by atoms with Crippen molar-refractivity contribution in [3.63, 3.8) is 0 Å². The van der Waals surface area contributed by atoms with E-state index in [1.807, 2.05) is 62.4 Å². The van der Waals surface area contributed by atoms with Gasteiger partial charge >= 0.3 is 6.03 Å². The van der Waals surface area contributed by atoms with E-state index in [2.05, 4.69) is 0 Å². The molecule has 2 amide bonds. The van der Waals surface area contributed by atoms with Crippen LogP contribution in [0.2, 0.25) is 0 Å². The zero-order chi connectivity index (χ0) is 18.5. The van der Waals surface area contributed by atoms with Gasteiger partial charge < -0.3 is 0 Å². The number of urea groups is 1. The van der Waals surface area contributed by atoms with Crippen LogP contribution in [0.3, 0.4) is 0 Å². The fraction of sp³-hybridized carbons (Fsp3) is 0.350. The van der Waals surface area contributed by atoms with E-state index in [1.165, 1.54) is 0 Å². The Morgan fingerprint density at radius 1 is 0.962 bits per heavy atom. The summed E-state index contributed by atoms with van der Waals surface area (Å²) in [5, 5.41) is 0. The average molecular weight is 370 g/mol. The highest BCUT2D eigenvalue weighted by molar-refractivity contribution is 7.91. The molecule has 2 aliphatic rings. The summed E-state index contributed by atoms with van der Waals surface area (Å²) in [7, 11) is -3.17. The number of aryl methyl sites for hydroxylation is 2. The van der Waals surface area contributed by atoms with E-state index >= 15 is 0 Å². The van der Waals surface area contributed by atoms with Gasteiger partial charge in [-0.2, -0.15) is 0 Å². The Kier molecular flexibility index (Phi) is 4.03. The van der Waals surface area contributed by atoms with Crippen LogP contribution in [-0.2, 0) is 16.3 Å². The zero-order valence-electron chi connectivity index (χ0n) is 14.9. The summed E-state index contributed by atoms with van der Waals surface area (Å²) < 4.78 is 24.7. The molecular weight excluding hydrogens is 348 g/mol. The third kappa shape index (κ3) is 2.69. The lowest BCUT2D eigenvalue weighted by Crippen LogP contribution is -2.38. The van der Waals surface area contributed by atoms with E-state index in [4.69, 9.17) is 0 Å². The molecule has 0 saturated carbocycles. The average Bonchev–Trinajstić information content (AvgIpc) is 3.04. The van der Waals surface area contributed by atoms with Gasteiger partial charge in [0, 0.05) is 11.4 Å². The number of rotatable bonds is 3. The standard InChI is InChI=1S/C20H22N2O3S/c1-3-15-6-4-5-7-17(15)22-19-13-26(24,25)12-18(19)21(20(22)23)16-10-8-14(2)9-11-16/h4-11,18-19H,3,12-13H2,1-2H3/t18-,19-/m0/s1. The number of hydrogen-bond acceptors (Lipinski definition) is 3. The minimum Gasteiger partial charge on any atom is -0.288 e. The van der Waals surface area contributed by atoms with E-state index in [0.717, 1.165) is 28.9 Å². The molecule has 2 aromatic carbocycles. The smallest absolute Gasteiger partial charge is 0.288 e. The lowest BCUT2D eigenvalue weighted by atomic mass is 10.1. The summed E-state index contributed by atoms with van der Waals surface area (Å²) in [5.74, 6) is 0.0336. The lowest BCUT2D eigenvalue weighted by Gasteiger charge is -2.24. The number of fused-ring (bicyclic) bond motifs is 1. The van der Waals surface area contributed by atoms with Crippen molar-refractivity contribution in [2.45, 2.75) is 32.4 Å². The van der Waals surface area contributed by atoms with Crippen LogP contribution < -0.4 is 9.80 Å². The Morgan fingerprint density at radius 3 is 2.23 bits per heavy atom. The quantitative estimate of drug-likeness (QED) is 0.780. The normalized spacial score (nSPS) is 24.2. The summed E-state index contributed by atoms with van der Waals surface area (Å²) in [6, 6.07) is 14.6. The summed E-state index contributed by atoms with van der Waals surface area (Å²) in [5.41, 5.74) is 3.73. The molecule has 0 unspecified atom stereocenters.